The summed E-state index contributed by atoms with van der Waals surface area (Å²) in [6, 6.07) is 5.80. The van der Waals surface area contributed by atoms with Crippen molar-refractivity contribution in [1.82, 2.24) is 26.3 Å². The summed E-state index contributed by atoms with van der Waals surface area (Å²) in [4.78, 5) is 5.50. The number of hydrogen-bond acceptors (Lipinski definition) is 5. The third kappa shape index (κ3) is 6.57. The minimum Gasteiger partial charge on any atom is -0.311 e. The molecule has 0 spiro atoms. The molecule has 6 atom stereocenters. The molecule has 2 bridgehead atoms. The molecule has 0 saturated heterocycles. The van der Waals surface area contributed by atoms with Gasteiger partial charge in [0.25, 0.3) is 0 Å². The fourth-order valence-corrected chi connectivity index (χ4v) is 7.41. The molecule has 4 aliphatic carbocycles. The van der Waals surface area contributed by atoms with Crippen molar-refractivity contribution in [3.8, 4) is 0 Å². The maximum absolute atomic E-state index is 5.50. The maximum atomic E-state index is 5.50. The molecule has 5 aliphatic rings. The van der Waals surface area contributed by atoms with Gasteiger partial charge in [-0.2, -0.15) is 0 Å². The van der Waals surface area contributed by atoms with Gasteiger partial charge in [-0.3, -0.25) is 4.98 Å². The van der Waals surface area contributed by atoms with Crippen LogP contribution in [0.4, 0.5) is 0 Å². The molecule has 35 heavy (non-hydrogen) atoms. The smallest absolute Gasteiger partial charge is 0.0609 e. The van der Waals surface area contributed by atoms with Gasteiger partial charge in [-0.05, 0) is 75.3 Å². The molecule has 5 unspecified atom stereocenters. The first-order chi connectivity index (χ1) is 17.3. The SMILES string of the molecule is [Cl][Mn][Cl].c1c2c3nc4c1CCCC4N[C@@H]1CCCCC1NCCNC1CCCCC1NC3CCC2. The first-order valence-electron chi connectivity index (χ1n) is 14.2. The number of aryl methyl sites for hydroxylation is 2. The summed E-state index contributed by atoms with van der Waals surface area (Å²) in [6.45, 7) is 2.17. The van der Waals surface area contributed by atoms with Crippen molar-refractivity contribution >= 4 is 20.2 Å². The van der Waals surface area contributed by atoms with E-state index >= 15 is 0 Å². The van der Waals surface area contributed by atoms with Crippen LogP contribution < -0.4 is 21.3 Å². The largest absolute Gasteiger partial charge is 0.311 e. The quantitative estimate of drug-likeness (QED) is 0.327. The van der Waals surface area contributed by atoms with Crippen molar-refractivity contribution in [2.75, 3.05) is 13.1 Å². The molecule has 6 rings (SSSR count). The number of fused-ring (bicyclic) bond motifs is 2. The minimum atomic E-state index is 0.00694. The van der Waals surface area contributed by atoms with E-state index in [0.717, 1.165) is 13.1 Å². The Kier molecular flexibility index (Phi) is 10.1. The molecule has 1 aromatic rings. The van der Waals surface area contributed by atoms with Gasteiger partial charge >= 0.3 is 33.3 Å². The minimum absolute atomic E-state index is 0.00694. The Morgan fingerprint density at radius 2 is 1.06 bits per heavy atom. The molecular formula is C27H43Cl2MnN5. The molecule has 5 nitrogen and oxygen atoms in total. The van der Waals surface area contributed by atoms with Crippen LogP contribution in [-0.2, 0) is 26.0 Å². The topological polar surface area (TPSA) is 61.0 Å². The fraction of sp³-hybridized carbons (Fsp3) is 0.815. The van der Waals surface area contributed by atoms with Gasteiger partial charge in [0, 0.05) is 37.3 Å². The van der Waals surface area contributed by atoms with Crippen molar-refractivity contribution in [2.24, 2.45) is 0 Å². The van der Waals surface area contributed by atoms with Crippen LogP contribution in [0.25, 0.3) is 0 Å². The van der Waals surface area contributed by atoms with Crippen molar-refractivity contribution in [2.45, 2.75) is 126 Å². The van der Waals surface area contributed by atoms with Crippen LogP contribution in [0.15, 0.2) is 6.07 Å². The first-order valence-corrected chi connectivity index (χ1v) is 17.4. The second-order valence-electron chi connectivity index (χ2n) is 11.3. The zero-order valence-corrected chi connectivity index (χ0v) is 23.6. The number of rotatable bonds is 0. The van der Waals surface area contributed by atoms with E-state index in [9.17, 15) is 0 Å². The molecule has 8 heteroatoms. The summed E-state index contributed by atoms with van der Waals surface area (Å²) >= 11 is 0.00694. The third-order valence-corrected chi connectivity index (χ3v) is 9.09. The molecule has 1 aliphatic heterocycles. The zero-order valence-electron chi connectivity index (χ0n) is 20.9. The average Bonchev–Trinajstić information content (AvgIpc) is 2.88. The van der Waals surface area contributed by atoms with Crippen LogP contribution in [-0.4, -0.2) is 42.2 Å². The molecule has 2 saturated carbocycles. The third-order valence-electron chi connectivity index (χ3n) is 9.09. The van der Waals surface area contributed by atoms with Gasteiger partial charge in [0.15, 0.2) is 0 Å². The van der Waals surface area contributed by atoms with Crippen LogP contribution >= 0.6 is 20.2 Å². The summed E-state index contributed by atoms with van der Waals surface area (Å²) in [5, 5.41) is 16.1. The van der Waals surface area contributed by atoms with Crippen molar-refractivity contribution < 1.29 is 13.1 Å². The summed E-state index contributed by atoms with van der Waals surface area (Å²) in [6.07, 6.45) is 18.2. The Morgan fingerprint density at radius 1 is 0.629 bits per heavy atom. The second kappa shape index (κ2) is 13.2. The van der Waals surface area contributed by atoms with Crippen molar-refractivity contribution in [3.63, 3.8) is 0 Å². The Balaban J connectivity index is 0.000000806. The van der Waals surface area contributed by atoms with Crippen LogP contribution in [0, 0.1) is 0 Å². The van der Waals surface area contributed by atoms with Crippen LogP contribution in [0.3, 0.4) is 0 Å². The van der Waals surface area contributed by atoms with Gasteiger partial charge in [0.05, 0.1) is 23.5 Å². The van der Waals surface area contributed by atoms with E-state index in [2.05, 4.69) is 27.3 Å². The predicted molar refractivity (Wildman–Crippen MR) is 142 cm³/mol. The van der Waals surface area contributed by atoms with Crippen LogP contribution in [0.5, 0.6) is 0 Å². The normalized spacial score (nSPS) is 35.3. The summed E-state index contributed by atoms with van der Waals surface area (Å²) in [7, 11) is 9.59. The Morgan fingerprint density at radius 3 is 1.51 bits per heavy atom. The molecular weight excluding hydrogens is 520 g/mol. The number of halogens is 2. The molecule has 197 valence electrons. The van der Waals surface area contributed by atoms with Crippen molar-refractivity contribution in [3.05, 3.63) is 28.6 Å². The number of hydrogen-bond donors (Lipinski definition) is 4. The first kappa shape index (κ1) is 26.7. The zero-order chi connectivity index (χ0) is 24.0. The van der Waals surface area contributed by atoms with Gasteiger partial charge in [-0.15, -0.1) is 0 Å². The van der Waals surface area contributed by atoms with Gasteiger partial charge in [-0.1, -0.05) is 31.7 Å². The maximum Gasteiger partial charge on any atom is 0.0609 e. The standard InChI is InChI=1S/C27H43N5.2ClH.Mn/c1-3-11-22-20(9-1)28-15-16-29-21-10-2-4-12-23(21)31-25-14-6-8-19-17-18-7-5-13-24(30-22)26(18)32-27(19)25;;;/h17,20-25,28-31H,1-16H2;2*1H;/q;;;+2/p-2/t20?,21?,22-,23?,24?,25?;;;/m1.../s1. The summed E-state index contributed by atoms with van der Waals surface area (Å²) in [5.74, 6) is 0. The monoisotopic (exact) mass is 562 g/mol. The Hall–Kier alpha value is 0.0895. The molecule has 0 aromatic carbocycles. The van der Waals surface area contributed by atoms with Gasteiger partial charge in [0.2, 0.25) is 0 Å². The Bertz CT molecular complexity index is 766. The molecule has 2 fully saturated rings. The number of nitrogens with zero attached hydrogens (tertiary/aromatic N) is 1. The predicted octanol–water partition coefficient (Wildman–Crippen LogP) is 5.21. The van der Waals surface area contributed by atoms with E-state index in [0.29, 0.717) is 36.3 Å². The molecule has 4 N–H and O–H groups in total. The van der Waals surface area contributed by atoms with E-state index in [1.54, 1.807) is 0 Å². The van der Waals surface area contributed by atoms with Crippen molar-refractivity contribution in [1.29, 1.82) is 0 Å². The number of nitrogens with one attached hydrogen (secondary N) is 4. The summed E-state index contributed by atoms with van der Waals surface area (Å²) in [5.41, 5.74) is 5.85. The Labute approximate surface area is 226 Å². The molecule has 0 radical (unpaired) electrons. The van der Waals surface area contributed by atoms with E-state index in [1.807, 2.05) is 0 Å². The van der Waals surface area contributed by atoms with E-state index in [1.165, 1.54) is 112 Å². The molecule has 0 amide bonds. The van der Waals surface area contributed by atoms with E-state index in [4.69, 9.17) is 25.2 Å². The molecule has 2 heterocycles. The van der Waals surface area contributed by atoms with Crippen LogP contribution in [0.1, 0.15) is 112 Å². The average molecular weight is 564 g/mol. The summed E-state index contributed by atoms with van der Waals surface area (Å²) < 4.78 is 0. The fourth-order valence-electron chi connectivity index (χ4n) is 7.41. The van der Waals surface area contributed by atoms with Gasteiger partial charge in [0.1, 0.15) is 0 Å². The van der Waals surface area contributed by atoms with E-state index < -0.39 is 0 Å². The molecule has 1 aromatic heterocycles. The van der Waals surface area contributed by atoms with E-state index in [-0.39, 0.29) is 13.1 Å². The van der Waals surface area contributed by atoms with Gasteiger partial charge in [-0.25, -0.2) is 0 Å². The number of pyridine rings is 1. The van der Waals surface area contributed by atoms with Gasteiger partial charge < -0.3 is 21.3 Å². The second-order valence-corrected chi connectivity index (χ2v) is 13.2. The number of aromatic nitrogens is 1. The van der Waals surface area contributed by atoms with Crippen LogP contribution in [0.2, 0.25) is 0 Å².